The Morgan fingerprint density at radius 3 is 2.73 bits per heavy atom. The predicted molar refractivity (Wildman–Crippen MR) is 119 cm³/mol. The highest BCUT2D eigenvalue weighted by Gasteiger charge is 2.10. The molecule has 0 aliphatic heterocycles. The second-order valence-electron chi connectivity index (χ2n) is 6.81. The molecule has 1 aromatic heterocycles. The highest BCUT2D eigenvalue weighted by atomic mass is 16.5. The van der Waals surface area contributed by atoms with E-state index in [9.17, 15) is 4.79 Å². The zero-order chi connectivity index (χ0) is 20.8. The number of amides is 1. The van der Waals surface area contributed by atoms with Crippen LogP contribution in [0.5, 0.6) is 5.75 Å². The van der Waals surface area contributed by atoms with Gasteiger partial charge >= 0.3 is 0 Å². The van der Waals surface area contributed by atoms with Gasteiger partial charge in [0.1, 0.15) is 11.4 Å². The SMILES string of the molecule is CCCOc1ccc(-c2cc(C(=O)NN=Cc3cccc4ccccc34)[nH]n2)cc1. The van der Waals surface area contributed by atoms with E-state index in [0.29, 0.717) is 18.0 Å². The quantitative estimate of drug-likeness (QED) is 0.347. The van der Waals surface area contributed by atoms with E-state index in [1.54, 1.807) is 12.3 Å². The van der Waals surface area contributed by atoms with E-state index in [4.69, 9.17) is 4.74 Å². The van der Waals surface area contributed by atoms with Gasteiger partial charge in [-0.1, -0.05) is 49.4 Å². The Bertz CT molecular complexity index is 1170. The zero-order valence-electron chi connectivity index (χ0n) is 16.6. The molecule has 0 aliphatic carbocycles. The van der Waals surface area contributed by atoms with Crippen molar-refractivity contribution in [3.63, 3.8) is 0 Å². The van der Waals surface area contributed by atoms with Gasteiger partial charge in [-0.2, -0.15) is 10.2 Å². The molecule has 0 atom stereocenters. The molecule has 0 fully saturated rings. The van der Waals surface area contributed by atoms with Crippen molar-refractivity contribution in [1.82, 2.24) is 15.6 Å². The van der Waals surface area contributed by atoms with Crippen molar-refractivity contribution in [2.45, 2.75) is 13.3 Å². The van der Waals surface area contributed by atoms with Crippen molar-refractivity contribution in [3.05, 3.63) is 84.1 Å². The van der Waals surface area contributed by atoms with Crippen LogP contribution in [-0.4, -0.2) is 28.9 Å². The number of aromatic nitrogens is 2. The van der Waals surface area contributed by atoms with Crippen LogP contribution in [0.25, 0.3) is 22.0 Å². The van der Waals surface area contributed by atoms with Crippen molar-refractivity contribution >= 4 is 22.9 Å². The largest absolute Gasteiger partial charge is 0.494 e. The molecule has 4 aromatic rings. The molecule has 150 valence electrons. The number of ether oxygens (including phenoxy) is 1. The number of hydrazone groups is 1. The summed E-state index contributed by atoms with van der Waals surface area (Å²) in [4.78, 5) is 12.4. The second-order valence-corrected chi connectivity index (χ2v) is 6.81. The lowest BCUT2D eigenvalue weighted by Crippen LogP contribution is -2.18. The molecule has 30 heavy (non-hydrogen) atoms. The van der Waals surface area contributed by atoms with Crippen molar-refractivity contribution in [2.24, 2.45) is 5.10 Å². The average molecular weight is 398 g/mol. The van der Waals surface area contributed by atoms with Gasteiger partial charge in [0, 0.05) is 11.1 Å². The third kappa shape index (κ3) is 4.38. The number of aromatic amines is 1. The van der Waals surface area contributed by atoms with Gasteiger partial charge in [0.2, 0.25) is 0 Å². The molecule has 1 heterocycles. The van der Waals surface area contributed by atoms with Gasteiger partial charge in [0.05, 0.1) is 18.5 Å². The van der Waals surface area contributed by atoms with Crippen LogP contribution in [-0.2, 0) is 0 Å². The number of carbonyl (C=O) groups is 1. The number of carbonyl (C=O) groups excluding carboxylic acids is 1. The van der Waals surface area contributed by atoms with Crippen LogP contribution in [0.3, 0.4) is 0 Å². The third-order valence-corrected chi connectivity index (χ3v) is 4.64. The Balaban J connectivity index is 1.42. The van der Waals surface area contributed by atoms with E-state index in [0.717, 1.165) is 34.1 Å². The van der Waals surface area contributed by atoms with Crippen molar-refractivity contribution in [2.75, 3.05) is 6.61 Å². The Labute approximate surface area is 174 Å². The Morgan fingerprint density at radius 1 is 1.10 bits per heavy atom. The Kier molecular flexibility index (Phi) is 5.85. The smallest absolute Gasteiger partial charge is 0.289 e. The Hall–Kier alpha value is -3.93. The molecule has 0 aliphatic rings. The lowest BCUT2D eigenvalue weighted by Gasteiger charge is -2.04. The summed E-state index contributed by atoms with van der Waals surface area (Å²) in [5.74, 6) is 0.463. The molecule has 6 nitrogen and oxygen atoms in total. The van der Waals surface area contributed by atoms with Crippen LogP contribution >= 0.6 is 0 Å². The molecular formula is C24H22N4O2. The fourth-order valence-electron chi connectivity index (χ4n) is 3.11. The van der Waals surface area contributed by atoms with Gasteiger partial charge in [-0.3, -0.25) is 9.89 Å². The van der Waals surface area contributed by atoms with Gasteiger partial charge in [-0.05, 0) is 47.5 Å². The molecule has 6 heteroatoms. The van der Waals surface area contributed by atoms with Crippen LogP contribution in [0, 0.1) is 0 Å². The minimum Gasteiger partial charge on any atom is -0.494 e. The maximum absolute atomic E-state index is 12.4. The number of hydrogen-bond acceptors (Lipinski definition) is 4. The van der Waals surface area contributed by atoms with Crippen molar-refractivity contribution in [3.8, 4) is 17.0 Å². The summed E-state index contributed by atoms with van der Waals surface area (Å²) in [5, 5.41) is 13.3. The van der Waals surface area contributed by atoms with Gasteiger partial charge < -0.3 is 4.74 Å². The van der Waals surface area contributed by atoms with Gasteiger partial charge in [0.25, 0.3) is 5.91 Å². The number of H-pyrrole nitrogens is 1. The molecule has 0 unspecified atom stereocenters. The van der Waals surface area contributed by atoms with E-state index in [-0.39, 0.29) is 5.91 Å². The summed E-state index contributed by atoms with van der Waals surface area (Å²) in [5.41, 5.74) is 5.40. The van der Waals surface area contributed by atoms with E-state index >= 15 is 0 Å². The molecular weight excluding hydrogens is 376 g/mol. The summed E-state index contributed by atoms with van der Waals surface area (Å²) in [6.45, 7) is 2.75. The summed E-state index contributed by atoms with van der Waals surface area (Å²) in [7, 11) is 0. The fraction of sp³-hybridized carbons (Fsp3) is 0.125. The van der Waals surface area contributed by atoms with Gasteiger partial charge in [0.15, 0.2) is 0 Å². The number of fused-ring (bicyclic) bond motifs is 1. The lowest BCUT2D eigenvalue weighted by atomic mass is 10.1. The number of rotatable bonds is 7. The Morgan fingerprint density at radius 2 is 1.90 bits per heavy atom. The first kappa shape index (κ1) is 19.4. The third-order valence-electron chi connectivity index (χ3n) is 4.64. The van der Waals surface area contributed by atoms with Crippen molar-refractivity contribution in [1.29, 1.82) is 0 Å². The molecule has 0 bridgehead atoms. The summed E-state index contributed by atoms with van der Waals surface area (Å²) >= 11 is 0. The summed E-state index contributed by atoms with van der Waals surface area (Å²) < 4.78 is 5.59. The molecule has 1 amide bonds. The normalized spacial score (nSPS) is 11.1. The lowest BCUT2D eigenvalue weighted by molar-refractivity contribution is 0.0950. The molecule has 0 spiro atoms. The maximum atomic E-state index is 12.4. The molecule has 0 radical (unpaired) electrons. The van der Waals surface area contributed by atoms with Gasteiger partial charge in [-0.25, -0.2) is 5.43 Å². The zero-order valence-corrected chi connectivity index (χ0v) is 16.6. The summed E-state index contributed by atoms with van der Waals surface area (Å²) in [6, 6.07) is 23.3. The topological polar surface area (TPSA) is 79.4 Å². The molecule has 2 N–H and O–H groups in total. The van der Waals surface area contributed by atoms with E-state index in [2.05, 4.69) is 27.6 Å². The van der Waals surface area contributed by atoms with Crippen LogP contribution < -0.4 is 10.2 Å². The summed E-state index contributed by atoms with van der Waals surface area (Å²) in [6.07, 6.45) is 2.61. The maximum Gasteiger partial charge on any atom is 0.289 e. The second kappa shape index (κ2) is 9.05. The monoisotopic (exact) mass is 398 g/mol. The standard InChI is InChI=1S/C24H22N4O2/c1-2-14-30-20-12-10-18(11-13-20)22-15-23(27-26-22)24(29)28-25-16-19-8-5-7-17-6-3-4-9-21(17)19/h3-13,15-16H,2,14H2,1H3,(H,26,27)(H,28,29). The number of nitrogens with zero attached hydrogens (tertiary/aromatic N) is 2. The molecule has 3 aromatic carbocycles. The number of hydrogen-bond donors (Lipinski definition) is 2. The van der Waals surface area contributed by atoms with Crippen LogP contribution in [0.15, 0.2) is 77.9 Å². The van der Waals surface area contributed by atoms with E-state index in [1.165, 1.54) is 0 Å². The van der Waals surface area contributed by atoms with Crippen LogP contribution in [0.1, 0.15) is 29.4 Å². The highest BCUT2D eigenvalue weighted by Crippen LogP contribution is 2.21. The van der Waals surface area contributed by atoms with Crippen LogP contribution in [0.4, 0.5) is 0 Å². The molecule has 0 saturated carbocycles. The highest BCUT2D eigenvalue weighted by molar-refractivity contribution is 6.00. The van der Waals surface area contributed by atoms with E-state index < -0.39 is 0 Å². The van der Waals surface area contributed by atoms with Crippen molar-refractivity contribution < 1.29 is 9.53 Å². The average Bonchev–Trinajstić information content (AvgIpc) is 3.28. The van der Waals surface area contributed by atoms with Crippen LogP contribution in [0.2, 0.25) is 0 Å². The first-order chi connectivity index (χ1) is 14.7. The fourth-order valence-corrected chi connectivity index (χ4v) is 3.11. The van der Waals surface area contributed by atoms with E-state index in [1.807, 2.05) is 66.7 Å². The molecule has 0 saturated heterocycles. The first-order valence-electron chi connectivity index (χ1n) is 9.84. The predicted octanol–water partition coefficient (Wildman–Crippen LogP) is 4.78. The number of nitrogens with one attached hydrogen (secondary N) is 2. The number of benzene rings is 3. The first-order valence-corrected chi connectivity index (χ1v) is 9.84. The van der Waals surface area contributed by atoms with Gasteiger partial charge in [-0.15, -0.1) is 0 Å². The minimum absolute atomic E-state index is 0.339. The minimum atomic E-state index is -0.354. The molecule has 4 rings (SSSR count).